The van der Waals surface area contributed by atoms with Gasteiger partial charge in [0, 0.05) is 35.8 Å². The Labute approximate surface area is 306 Å². The van der Waals surface area contributed by atoms with Crippen LogP contribution in [-0.4, -0.2) is 11.7 Å². The lowest BCUT2D eigenvalue weighted by atomic mass is 9.86. The minimum atomic E-state index is -0.112. The first-order chi connectivity index (χ1) is 23.8. The van der Waals surface area contributed by atoms with Crippen molar-refractivity contribution in [2.75, 3.05) is 16.5 Å². The van der Waals surface area contributed by atoms with Crippen LogP contribution in [0.5, 0.6) is 23.1 Å². The van der Waals surface area contributed by atoms with Crippen molar-refractivity contribution in [1.29, 1.82) is 0 Å². The summed E-state index contributed by atoms with van der Waals surface area (Å²) in [5.41, 5.74) is 9.54. The molecular weight excluding hydrogens is 627 g/mol. The lowest BCUT2D eigenvalue weighted by Gasteiger charge is -2.26. The minimum absolute atomic E-state index is 0.00811. The zero-order chi connectivity index (χ0) is 36.9. The molecule has 5 heteroatoms. The van der Waals surface area contributed by atoms with Crippen LogP contribution in [0.3, 0.4) is 0 Å². The second-order valence-electron chi connectivity index (χ2n) is 18.0. The monoisotopic (exact) mass is 681 g/mol. The average Bonchev–Trinajstić information content (AvgIpc) is 3.43. The topological polar surface area (TPSA) is 37.8 Å². The first kappa shape index (κ1) is 36.0. The molecule has 5 nitrogen and oxygen atoms in total. The Morgan fingerprint density at radius 1 is 0.451 bits per heavy atom. The van der Waals surface area contributed by atoms with Gasteiger partial charge in [0.2, 0.25) is 5.88 Å². The van der Waals surface area contributed by atoms with Gasteiger partial charge in [0.05, 0.1) is 11.4 Å². The van der Waals surface area contributed by atoms with E-state index in [0.29, 0.717) is 18.3 Å². The van der Waals surface area contributed by atoms with E-state index >= 15 is 0 Å². The highest BCUT2D eigenvalue weighted by atomic mass is 16.5. The van der Waals surface area contributed by atoms with Crippen LogP contribution in [0.4, 0.5) is 22.7 Å². The zero-order valence-corrected chi connectivity index (χ0v) is 32.7. The maximum atomic E-state index is 6.65. The Morgan fingerprint density at radius 2 is 1.00 bits per heavy atom. The third-order valence-corrected chi connectivity index (χ3v) is 9.66. The molecule has 0 aliphatic carbocycles. The van der Waals surface area contributed by atoms with E-state index in [1.54, 1.807) is 0 Å². The number of pyridine rings is 1. The van der Waals surface area contributed by atoms with Crippen molar-refractivity contribution < 1.29 is 9.47 Å². The highest BCUT2D eigenvalue weighted by molar-refractivity contribution is 5.87. The van der Waals surface area contributed by atoms with E-state index in [1.165, 1.54) is 33.8 Å². The fraction of sp³-hybridized carbons (Fsp3) is 0.370. The van der Waals surface area contributed by atoms with Crippen LogP contribution >= 0.6 is 0 Å². The molecule has 0 N–H and O–H groups in total. The maximum Gasteiger partial charge on any atom is 0.219 e. The quantitative estimate of drug-likeness (QED) is 0.178. The minimum Gasteiger partial charge on any atom is -0.457 e. The highest BCUT2D eigenvalue weighted by Gasteiger charge is 2.31. The molecule has 1 aliphatic rings. The fourth-order valence-electron chi connectivity index (χ4n) is 6.34. The summed E-state index contributed by atoms with van der Waals surface area (Å²) in [6.45, 7) is 27.5. The van der Waals surface area contributed by atoms with Gasteiger partial charge < -0.3 is 19.3 Å². The van der Waals surface area contributed by atoms with Gasteiger partial charge in [-0.3, -0.25) is 0 Å². The van der Waals surface area contributed by atoms with Crippen LogP contribution in [0.2, 0.25) is 0 Å². The lowest BCUT2D eigenvalue weighted by Crippen LogP contribution is -2.24. The van der Waals surface area contributed by atoms with Gasteiger partial charge >= 0.3 is 0 Å². The highest BCUT2D eigenvalue weighted by Crippen LogP contribution is 2.47. The van der Waals surface area contributed by atoms with Crippen molar-refractivity contribution >= 4 is 22.7 Å². The summed E-state index contributed by atoms with van der Waals surface area (Å²) in [6.07, 6.45) is 1.81. The number of ether oxygens (including phenoxy) is 2. The Bertz CT molecular complexity index is 2040. The van der Waals surface area contributed by atoms with Crippen LogP contribution in [0.1, 0.15) is 105 Å². The van der Waals surface area contributed by atoms with Crippen LogP contribution in [0.15, 0.2) is 103 Å². The lowest BCUT2D eigenvalue weighted by molar-refractivity contribution is 0.441. The summed E-state index contributed by atoms with van der Waals surface area (Å²) in [5, 5.41) is 0. The van der Waals surface area contributed by atoms with Gasteiger partial charge in [0.25, 0.3) is 0 Å². The summed E-state index contributed by atoms with van der Waals surface area (Å²) in [6, 6.07) is 34.5. The molecule has 0 fully saturated rings. The van der Waals surface area contributed by atoms with E-state index in [4.69, 9.17) is 9.47 Å². The number of nitrogens with zero attached hydrogens (tertiary/aromatic N) is 3. The summed E-state index contributed by atoms with van der Waals surface area (Å²) in [5.74, 6) is 2.75. The summed E-state index contributed by atoms with van der Waals surface area (Å²) in [4.78, 5) is 9.34. The molecule has 266 valence electrons. The predicted octanol–water partition coefficient (Wildman–Crippen LogP) is 13.1. The molecule has 6 rings (SSSR count). The van der Waals surface area contributed by atoms with E-state index in [9.17, 15) is 0 Å². The van der Waals surface area contributed by atoms with Crippen molar-refractivity contribution in [2.45, 2.75) is 105 Å². The summed E-state index contributed by atoms with van der Waals surface area (Å²) < 4.78 is 13.0. The van der Waals surface area contributed by atoms with E-state index in [-0.39, 0.29) is 21.7 Å². The van der Waals surface area contributed by atoms with Crippen LogP contribution in [0.25, 0.3) is 0 Å². The normalized spacial score (nSPS) is 13.7. The zero-order valence-electron chi connectivity index (χ0n) is 32.7. The molecule has 1 aromatic heterocycles. The first-order valence-corrected chi connectivity index (χ1v) is 18.1. The van der Waals surface area contributed by atoms with Gasteiger partial charge in [0.15, 0.2) is 0 Å². The number of hydrogen-bond acceptors (Lipinski definition) is 5. The van der Waals surface area contributed by atoms with Crippen molar-refractivity contribution in [3.05, 3.63) is 126 Å². The van der Waals surface area contributed by atoms with E-state index < -0.39 is 0 Å². The molecule has 0 radical (unpaired) electrons. The van der Waals surface area contributed by atoms with Crippen LogP contribution < -0.4 is 19.3 Å². The number of anilines is 4. The number of fused-ring (bicyclic) bond motifs is 1. The molecular formula is C46H55N3O2. The fourth-order valence-corrected chi connectivity index (χ4v) is 6.34. The van der Waals surface area contributed by atoms with Gasteiger partial charge in [-0.05, 0) is 98.5 Å². The average molecular weight is 682 g/mol. The second-order valence-corrected chi connectivity index (χ2v) is 18.0. The van der Waals surface area contributed by atoms with E-state index in [1.807, 2.05) is 30.5 Å². The number of rotatable bonds is 6. The molecule has 2 heterocycles. The molecule has 5 aromatic rings. The van der Waals surface area contributed by atoms with Crippen LogP contribution in [-0.2, 0) is 21.7 Å². The van der Waals surface area contributed by atoms with Gasteiger partial charge in [-0.15, -0.1) is 0 Å². The standard InChI is InChI=1S/C46H55N3O2/c1-43(2,3)31-15-13-16-35(23-31)49-30-48(40-20-19-32(26-41(40)49)44(4,5)6)36-17-14-18-37(28-36)50-38-24-34(46(10,11)12)25-39(29-38)51-42-27-33(21-22-47-42)45(7,8)9/h13-29H,30H2,1-12H3. The molecule has 1 aliphatic heterocycles. The Balaban J connectivity index is 1.34. The third-order valence-electron chi connectivity index (χ3n) is 9.66. The molecule has 51 heavy (non-hydrogen) atoms. The Kier molecular flexibility index (Phi) is 9.25. The smallest absolute Gasteiger partial charge is 0.219 e. The number of aromatic nitrogens is 1. The van der Waals surface area contributed by atoms with Crippen LogP contribution in [0, 0.1) is 0 Å². The molecule has 0 saturated carbocycles. The summed E-state index contributed by atoms with van der Waals surface area (Å²) in [7, 11) is 0. The Morgan fingerprint density at radius 3 is 1.65 bits per heavy atom. The molecule has 0 amide bonds. The van der Waals surface area contributed by atoms with Crippen molar-refractivity contribution in [3.63, 3.8) is 0 Å². The largest absolute Gasteiger partial charge is 0.457 e. The van der Waals surface area contributed by atoms with Gasteiger partial charge in [-0.1, -0.05) is 107 Å². The van der Waals surface area contributed by atoms with Crippen molar-refractivity contribution in [3.8, 4) is 23.1 Å². The first-order valence-electron chi connectivity index (χ1n) is 18.1. The molecule has 0 unspecified atom stereocenters. The molecule has 0 bridgehead atoms. The second kappa shape index (κ2) is 13.1. The van der Waals surface area contributed by atoms with E-state index in [2.05, 4.69) is 171 Å². The number of benzene rings is 4. The predicted molar refractivity (Wildman–Crippen MR) is 214 cm³/mol. The third kappa shape index (κ3) is 8.09. The van der Waals surface area contributed by atoms with Crippen molar-refractivity contribution in [2.24, 2.45) is 0 Å². The SMILES string of the molecule is CC(C)(C)c1cc(Oc2cccc(N3CN(c4cccc(C(C)(C)C)c4)c4cc(C(C)(C)C)ccc43)c2)cc(Oc2cc(C(C)(C)C)ccn2)c1. The molecule has 4 aromatic carbocycles. The maximum absolute atomic E-state index is 6.65. The molecule has 0 saturated heterocycles. The molecule has 0 spiro atoms. The Hall–Kier alpha value is -4.77. The number of hydrogen-bond donors (Lipinski definition) is 0. The summed E-state index contributed by atoms with van der Waals surface area (Å²) >= 11 is 0. The van der Waals surface area contributed by atoms with Gasteiger partial charge in [0.1, 0.15) is 23.9 Å². The van der Waals surface area contributed by atoms with Crippen molar-refractivity contribution in [1.82, 2.24) is 4.98 Å². The van der Waals surface area contributed by atoms with Gasteiger partial charge in [-0.2, -0.15) is 0 Å². The molecule has 0 atom stereocenters. The van der Waals surface area contributed by atoms with E-state index in [0.717, 1.165) is 22.7 Å². The van der Waals surface area contributed by atoms with Gasteiger partial charge in [-0.25, -0.2) is 4.98 Å².